The van der Waals surface area contributed by atoms with Crippen LogP contribution in [0.5, 0.6) is 0 Å². The van der Waals surface area contributed by atoms with Crippen LogP contribution in [0.2, 0.25) is 0 Å². The maximum absolute atomic E-state index is 13.2. The lowest BCUT2D eigenvalue weighted by Gasteiger charge is -2.32. The summed E-state index contributed by atoms with van der Waals surface area (Å²) in [6, 6.07) is 12.8. The summed E-state index contributed by atoms with van der Waals surface area (Å²) in [5.41, 5.74) is 3.16. The first-order chi connectivity index (χ1) is 12.5. The van der Waals surface area contributed by atoms with Crippen LogP contribution in [0.3, 0.4) is 0 Å². The molecule has 2 aliphatic rings. The summed E-state index contributed by atoms with van der Waals surface area (Å²) in [7, 11) is -3.77. The standard InChI is InChI=1S/C20H22N2O3S/c1-14-10-11-18-17(12-14)16-8-4-5-9-19(16)26(24,25)22(18)13-20(23)21-15-6-2-3-7-15/h4-5,8-12,15H,2-3,6-7,13H2,1H3,(H,21,23). The van der Waals surface area contributed by atoms with Crippen molar-refractivity contribution in [2.24, 2.45) is 0 Å². The number of carbonyl (C=O) groups excluding carboxylic acids is 1. The Morgan fingerprint density at radius 2 is 1.85 bits per heavy atom. The van der Waals surface area contributed by atoms with E-state index in [1.54, 1.807) is 18.2 Å². The van der Waals surface area contributed by atoms with Gasteiger partial charge < -0.3 is 5.32 Å². The molecule has 1 N–H and O–H groups in total. The quantitative estimate of drug-likeness (QED) is 0.902. The van der Waals surface area contributed by atoms with E-state index in [2.05, 4.69) is 5.32 Å². The smallest absolute Gasteiger partial charge is 0.265 e. The molecule has 1 amide bonds. The summed E-state index contributed by atoms with van der Waals surface area (Å²) in [6.45, 7) is 1.78. The first-order valence-electron chi connectivity index (χ1n) is 8.99. The van der Waals surface area contributed by atoms with Crippen molar-refractivity contribution in [2.45, 2.75) is 43.5 Å². The highest BCUT2D eigenvalue weighted by atomic mass is 32.2. The SMILES string of the molecule is Cc1ccc2c(c1)-c1ccccc1S(=O)(=O)N2CC(=O)NC1CCCC1. The van der Waals surface area contributed by atoms with E-state index in [-0.39, 0.29) is 23.4 Å². The van der Waals surface area contributed by atoms with E-state index < -0.39 is 10.0 Å². The van der Waals surface area contributed by atoms with Crippen LogP contribution in [-0.4, -0.2) is 26.9 Å². The third-order valence-corrected chi connectivity index (χ3v) is 6.99. The molecule has 0 atom stereocenters. The van der Waals surface area contributed by atoms with Gasteiger partial charge in [-0.15, -0.1) is 0 Å². The second kappa shape index (κ2) is 6.43. The second-order valence-electron chi connectivity index (χ2n) is 7.08. The fourth-order valence-corrected chi connectivity index (χ4v) is 5.54. The Labute approximate surface area is 154 Å². The Kier molecular flexibility index (Phi) is 4.23. The zero-order chi connectivity index (χ0) is 18.3. The molecule has 2 aromatic rings. The van der Waals surface area contributed by atoms with E-state index in [9.17, 15) is 13.2 Å². The molecule has 1 heterocycles. The van der Waals surface area contributed by atoms with Gasteiger partial charge in [-0.3, -0.25) is 9.10 Å². The number of nitrogens with zero attached hydrogens (tertiary/aromatic N) is 1. The van der Waals surface area contributed by atoms with Gasteiger partial charge in [0.1, 0.15) is 6.54 Å². The van der Waals surface area contributed by atoms with Crippen LogP contribution < -0.4 is 9.62 Å². The minimum atomic E-state index is -3.77. The molecule has 1 aliphatic carbocycles. The molecule has 4 rings (SSSR count). The highest BCUT2D eigenvalue weighted by molar-refractivity contribution is 7.93. The Morgan fingerprint density at radius 3 is 2.62 bits per heavy atom. The molecular formula is C20H22N2O3S. The second-order valence-corrected chi connectivity index (χ2v) is 8.91. The number of aryl methyl sites for hydroxylation is 1. The molecule has 1 fully saturated rings. The molecule has 0 unspecified atom stereocenters. The lowest BCUT2D eigenvalue weighted by molar-refractivity contribution is -0.120. The number of hydrogen-bond acceptors (Lipinski definition) is 3. The molecule has 0 spiro atoms. The van der Waals surface area contributed by atoms with Crippen molar-refractivity contribution < 1.29 is 13.2 Å². The van der Waals surface area contributed by atoms with E-state index in [4.69, 9.17) is 0 Å². The summed E-state index contributed by atoms with van der Waals surface area (Å²) >= 11 is 0. The number of benzene rings is 2. The zero-order valence-corrected chi connectivity index (χ0v) is 15.6. The molecule has 0 radical (unpaired) electrons. The summed E-state index contributed by atoms with van der Waals surface area (Å²) in [6.07, 6.45) is 4.17. The molecule has 6 heteroatoms. The molecular weight excluding hydrogens is 348 g/mol. The summed E-state index contributed by atoms with van der Waals surface area (Å²) in [4.78, 5) is 12.8. The van der Waals surface area contributed by atoms with E-state index in [1.165, 1.54) is 4.31 Å². The van der Waals surface area contributed by atoms with Crippen LogP contribution in [0.1, 0.15) is 31.2 Å². The van der Waals surface area contributed by atoms with Crippen molar-refractivity contribution in [1.82, 2.24) is 5.32 Å². The first-order valence-corrected chi connectivity index (χ1v) is 10.4. The van der Waals surface area contributed by atoms with Crippen molar-refractivity contribution >= 4 is 21.6 Å². The monoisotopic (exact) mass is 370 g/mol. The number of carbonyl (C=O) groups is 1. The van der Waals surface area contributed by atoms with Gasteiger partial charge >= 0.3 is 0 Å². The number of fused-ring (bicyclic) bond motifs is 3. The molecule has 2 aromatic carbocycles. The summed E-state index contributed by atoms with van der Waals surface area (Å²) < 4.78 is 27.6. The number of sulfonamides is 1. The Hall–Kier alpha value is -2.34. The predicted molar refractivity (Wildman–Crippen MR) is 102 cm³/mol. The first kappa shape index (κ1) is 17.1. The van der Waals surface area contributed by atoms with Gasteiger partial charge in [-0.1, -0.05) is 42.7 Å². The van der Waals surface area contributed by atoms with Gasteiger partial charge in [0, 0.05) is 17.2 Å². The van der Waals surface area contributed by atoms with Crippen molar-refractivity contribution in [2.75, 3.05) is 10.8 Å². The van der Waals surface area contributed by atoms with Gasteiger partial charge in [0.25, 0.3) is 10.0 Å². The van der Waals surface area contributed by atoms with Crippen LogP contribution in [-0.2, 0) is 14.8 Å². The number of rotatable bonds is 3. The maximum atomic E-state index is 13.2. The minimum absolute atomic E-state index is 0.166. The topological polar surface area (TPSA) is 66.5 Å². The highest BCUT2D eigenvalue weighted by Crippen LogP contribution is 2.43. The molecule has 0 aromatic heterocycles. The van der Waals surface area contributed by atoms with Crippen LogP contribution in [0.25, 0.3) is 11.1 Å². The van der Waals surface area contributed by atoms with Crippen molar-refractivity contribution in [3.8, 4) is 11.1 Å². The van der Waals surface area contributed by atoms with E-state index in [1.807, 2.05) is 31.2 Å². The third kappa shape index (κ3) is 2.88. The lowest BCUT2D eigenvalue weighted by Crippen LogP contribution is -2.44. The fraction of sp³-hybridized carbons (Fsp3) is 0.350. The summed E-state index contributed by atoms with van der Waals surface area (Å²) in [5, 5.41) is 2.99. The van der Waals surface area contributed by atoms with Crippen molar-refractivity contribution in [3.63, 3.8) is 0 Å². The molecule has 5 nitrogen and oxygen atoms in total. The van der Waals surface area contributed by atoms with Gasteiger partial charge in [0.15, 0.2) is 0 Å². The zero-order valence-electron chi connectivity index (χ0n) is 14.7. The van der Waals surface area contributed by atoms with Gasteiger partial charge in [-0.2, -0.15) is 0 Å². The van der Waals surface area contributed by atoms with Crippen molar-refractivity contribution in [3.05, 3.63) is 48.0 Å². The molecule has 136 valence electrons. The number of amides is 1. The number of nitrogens with one attached hydrogen (secondary N) is 1. The van der Waals surface area contributed by atoms with Crippen LogP contribution in [0.4, 0.5) is 5.69 Å². The number of hydrogen-bond donors (Lipinski definition) is 1. The average Bonchev–Trinajstić information content (AvgIpc) is 3.12. The van der Waals surface area contributed by atoms with E-state index in [0.717, 1.165) is 36.8 Å². The van der Waals surface area contributed by atoms with E-state index in [0.29, 0.717) is 11.3 Å². The van der Waals surface area contributed by atoms with Crippen molar-refractivity contribution in [1.29, 1.82) is 0 Å². The number of anilines is 1. The maximum Gasteiger partial charge on any atom is 0.265 e. The van der Waals surface area contributed by atoms with Gasteiger partial charge in [-0.05, 0) is 38.0 Å². The molecule has 26 heavy (non-hydrogen) atoms. The molecule has 1 aliphatic heterocycles. The fourth-order valence-electron chi connectivity index (χ4n) is 3.89. The predicted octanol–water partition coefficient (Wildman–Crippen LogP) is 3.23. The molecule has 0 saturated heterocycles. The van der Waals surface area contributed by atoms with Crippen LogP contribution in [0.15, 0.2) is 47.4 Å². The minimum Gasteiger partial charge on any atom is -0.352 e. The van der Waals surface area contributed by atoms with Gasteiger partial charge in [-0.25, -0.2) is 8.42 Å². The highest BCUT2D eigenvalue weighted by Gasteiger charge is 2.36. The normalized spacial score (nSPS) is 18.3. The third-order valence-electron chi connectivity index (χ3n) is 5.17. The van der Waals surface area contributed by atoms with Gasteiger partial charge in [0.05, 0.1) is 10.6 Å². The Balaban J connectivity index is 1.73. The lowest BCUT2D eigenvalue weighted by atomic mass is 10.0. The molecule has 0 bridgehead atoms. The van der Waals surface area contributed by atoms with Crippen LogP contribution in [0, 0.1) is 6.92 Å². The average molecular weight is 370 g/mol. The van der Waals surface area contributed by atoms with Crippen LogP contribution >= 0.6 is 0 Å². The largest absolute Gasteiger partial charge is 0.352 e. The van der Waals surface area contributed by atoms with Gasteiger partial charge in [0.2, 0.25) is 5.91 Å². The Bertz CT molecular complexity index is 963. The Morgan fingerprint density at radius 1 is 1.12 bits per heavy atom. The molecule has 1 saturated carbocycles. The summed E-state index contributed by atoms with van der Waals surface area (Å²) in [5.74, 6) is -0.244. The van der Waals surface area contributed by atoms with E-state index >= 15 is 0 Å².